The Morgan fingerprint density at radius 1 is 1.50 bits per heavy atom. The summed E-state index contributed by atoms with van der Waals surface area (Å²) in [6.45, 7) is 0.928. The molecule has 1 atom stereocenters. The molecule has 0 amide bonds. The van der Waals surface area contributed by atoms with Crippen molar-refractivity contribution in [1.82, 2.24) is 0 Å². The smallest absolute Gasteiger partial charge is 0.172 e. The van der Waals surface area contributed by atoms with E-state index in [4.69, 9.17) is 15.7 Å². The number of hydrogen-bond acceptors (Lipinski definition) is 5. The van der Waals surface area contributed by atoms with Crippen LogP contribution in [-0.4, -0.2) is 42.5 Å². The number of piperidine rings is 1. The van der Waals surface area contributed by atoms with Gasteiger partial charge in [0.05, 0.1) is 25.4 Å². The Balaban J connectivity index is 2.45. The molecule has 2 rings (SSSR count). The number of methoxy groups -OCH3 is 1. The summed E-state index contributed by atoms with van der Waals surface area (Å²) in [5.41, 5.74) is 7.23. The van der Waals surface area contributed by atoms with E-state index < -0.39 is 0 Å². The predicted molar refractivity (Wildman–Crippen MR) is 77.6 cm³/mol. The monoisotopic (exact) mass is 279 g/mol. The van der Waals surface area contributed by atoms with Crippen LogP contribution in [0.5, 0.6) is 5.75 Å². The average molecular weight is 279 g/mol. The number of hydrogen-bond donors (Lipinski definition) is 3. The van der Waals surface area contributed by atoms with Gasteiger partial charge >= 0.3 is 0 Å². The van der Waals surface area contributed by atoms with E-state index in [0.29, 0.717) is 11.3 Å². The van der Waals surface area contributed by atoms with Gasteiger partial charge in [0.2, 0.25) is 0 Å². The number of nitrogens with two attached hydrogens (primary N) is 1. The third-order valence-electron chi connectivity index (χ3n) is 3.74. The van der Waals surface area contributed by atoms with E-state index in [-0.39, 0.29) is 18.5 Å². The van der Waals surface area contributed by atoms with Crippen LogP contribution in [0.4, 0.5) is 5.69 Å². The minimum Gasteiger partial charge on any atom is -0.497 e. The van der Waals surface area contributed by atoms with E-state index in [2.05, 4.69) is 10.1 Å². The summed E-state index contributed by atoms with van der Waals surface area (Å²) in [5.74, 6) is 0.765. The van der Waals surface area contributed by atoms with Crippen LogP contribution in [0, 0.1) is 0 Å². The highest BCUT2D eigenvalue weighted by Crippen LogP contribution is 2.31. The van der Waals surface area contributed by atoms with Crippen LogP contribution in [0.1, 0.15) is 24.8 Å². The second-order valence-corrected chi connectivity index (χ2v) is 4.89. The Kier molecular flexibility index (Phi) is 4.68. The number of ether oxygens (including phenoxy) is 1. The number of benzene rings is 1. The standard InChI is InChI=1S/C14H21N3O3/c1-20-11-5-6-12(14(15)16-19)13(8-11)17-7-3-2-4-10(17)9-18/h5-6,8,10,18-19H,2-4,7,9H2,1H3,(H2,15,16). The van der Waals surface area contributed by atoms with Crippen LogP contribution in [0.25, 0.3) is 0 Å². The predicted octanol–water partition coefficient (Wildman–Crippen LogP) is 1.14. The van der Waals surface area contributed by atoms with Crippen LogP contribution in [0.3, 0.4) is 0 Å². The summed E-state index contributed by atoms with van der Waals surface area (Å²) in [6, 6.07) is 5.46. The largest absolute Gasteiger partial charge is 0.497 e. The lowest BCUT2D eigenvalue weighted by Crippen LogP contribution is -2.43. The van der Waals surface area contributed by atoms with Crippen molar-refractivity contribution in [2.75, 3.05) is 25.2 Å². The van der Waals surface area contributed by atoms with E-state index in [0.717, 1.165) is 31.5 Å². The van der Waals surface area contributed by atoms with E-state index in [1.54, 1.807) is 19.2 Å². The van der Waals surface area contributed by atoms with Gasteiger partial charge < -0.3 is 25.7 Å². The van der Waals surface area contributed by atoms with Gasteiger partial charge in [-0.25, -0.2) is 0 Å². The summed E-state index contributed by atoms with van der Waals surface area (Å²) < 4.78 is 5.25. The molecule has 1 aliphatic heterocycles. The average Bonchev–Trinajstić information content (AvgIpc) is 2.53. The van der Waals surface area contributed by atoms with Crippen LogP contribution in [0.15, 0.2) is 23.4 Å². The zero-order valence-electron chi connectivity index (χ0n) is 11.6. The molecular weight excluding hydrogens is 258 g/mol. The van der Waals surface area contributed by atoms with E-state index in [1.165, 1.54) is 0 Å². The molecule has 6 heteroatoms. The van der Waals surface area contributed by atoms with Gasteiger partial charge in [-0.1, -0.05) is 5.16 Å². The number of rotatable bonds is 4. The van der Waals surface area contributed by atoms with E-state index in [1.807, 2.05) is 6.07 Å². The van der Waals surface area contributed by atoms with Crippen molar-refractivity contribution in [2.24, 2.45) is 10.9 Å². The third kappa shape index (κ3) is 2.80. The van der Waals surface area contributed by atoms with Gasteiger partial charge in [-0.15, -0.1) is 0 Å². The lowest BCUT2D eigenvalue weighted by molar-refractivity contribution is 0.240. The highest BCUT2D eigenvalue weighted by molar-refractivity contribution is 6.02. The van der Waals surface area contributed by atoms with Crippen LogP contribution in [-0.2, 0) is 0 Å². The number of anilines is 1. The molecule has 1 aromatic carbocycles. The van der Waals surface area contributed by atoms with Gasteiger partial charge in [-0.05, 0) is 31.4 Å². The number of nitrogens with zero attached hydrogens (tertiary/aromatic N) is 2. The number of oxime groups is 1. The van der Waals surface area contributed by atoms with Crippen molar-refractivity contribution < 1.29 is 15.1 Å². The maximum atomic E-state index is 9.55. The van der Waals surface area contributed by atoms with Crippen molar-refractivity contribution in [1.29, 1.82) is 0 Å². The van der Waals surface area contributed by atoms with Gasteiger partial charge in [0.1, 0.15) is 5.75 Å². The molecule has 1 unspecified atom stereocenters. The van der Waals surface area contributed by atoms with Crippen molar-refractivity contribution in [3.05, 3.63) is 23.8 Å². The fourth-order valence-electron chi connectivity index (χ4n) is 2.65. The minimum atomic E-state index is 0.0566. The Morgan fingerprint density at radius 3 is 2.95 bits per heavy atom. The van der Waals surface area contributed by atoms with Crippen LogP contribution >= 0.6 is 0 Å². The quantitative estimate of drug-likeness (QED) is 0.333. The first-order valence-electron chi connectivity index (χ1n) is 6.74. The van der Waals surface area contributed by atoms with Gasteiger partial charge in [0, 0.05) is 18.2 Å². The first kappa shape index (κ1) is 14.5. The molecule has 1 aromatic rings. The lowest BCUT2D eigenvalue weighted by Gasteiger charge is -2.37. The minimum absolute atomic E-state index is 0.0566. The highest BCUT2D eigenvalue weighted by atomic mass is 16.5. The number of amidine groups is 1. The van der Waals surface area contributed by atoms with Crippen molar-refractivity contribution in [3.8, 4) is 5.75 Å². The molecule has 0 spiro atoms. The molecule has 0 radical (unpaired) electrons. The van der Waals surface area contributed by atoms with Crippen molar-refractivity contribution >= 4 is 11.5 Å². The molecule has 4 N–H and O–H groups in total. The van der Waals surface area contributed by atoms with E-state index >= 15 is 0 Å². The summed E-state index contributed by atoms with van der Waals surface area (Å²) in [5, 5.41) is 21.6. The zero-order valence-corrected chi connectivity index (χ0v) is 11.6. The van der Waals surface area contributed by atoms with Gasteiger partial charge in [-0.2, -0.15) is 0 Å². The fraction of sp³-hybridized carbons (Fsp3) is 0.500. The molecule has 0 aliphatic carbocycles. The molecule has 6 nitrogen and oxygen atoms in total. The molecule has 110 valence electrons. The molecule has 0 bridgehead atoms. The molecule has 0 saturated carbocycles. The molecule has 1 fully saturated rings. The zero-order chi connectivity index (χ0) is 14.5. The molecule has 1 saturated heterocycles. The summed E-state index contributed by atoms with van der Waals surface area (Å²) in [4.78, 5) is 2.11. The molecule has 20 heavy (non-hydrogen) atoms. The van der Waals surface area contributed by atoms with E-state index in [9.17, 15) is 5.11 Å². The Bertz CT molecular complexity index is 491. The topological polar surface area (TPSA) is 91.3 Å². The van der Waals surface area contributed by atoms with Crippen molar-refractivity contribution in [3.63, 3.8) is 0 Å². The second kappa shape index (κ2) is 6.47. The van der Waals surface area contributed by atoms with Crippen LogP contribution in [0.2, 0.25) is 0 Å². The highest BCUT2D eigenvalue weighted by Gasteiger charge is 2.25. The molecule has 1 aliphatic rings. The van der Waals surface area contributed by atoms with Crippen LogP contribution < -0.4 is 15.4 Å². The second-order valence-electron chi connectivity index (χ2n) is 4.89. The Labute approximate surface area is 118 Å². The van der Waals surface area contributed by atoms with Gasteiger partial charge in [-0.3, -0.25) is 0 Å². The third-order valence-corrected chi connectivity index (χ3v) is 3.74. The van der Waals surface area contributed by atoms with Crippen molar-refractivity contribution in [2.45, 2.75) is 25.3 Å². The lowest BCUT2D eigenvalue weighted by atomic mass is 10.00. The normalized spacial score (nSPS) is 20.0. The maximum Gasteiger partial charge on any atom is 0.172 e. The van der Waals surface area contributed by atoms with Gasteiger partial charge in [0.25, 0.3) is 0 Å². The van der Waals surface area contributed by atoms with Gasteiger partial charge in [0.15, 0.2) is 5.84 Å². The molecular formula is C14H21N3O3. The first-order chi connectivity index (χ1) is 9.71. The Hall–Kier alpha value is -1.95. The molecule has 0 aromatic heterocycles. The summed E-state index contributed by atoms with van der Waals surface area (Å²) >= 11 is 0. The summed E-state index contributed by atoms with van der Waals surface area (Å²) in [6.07, 6.45) is 3.09. The number of aliphatic hydroxyl groups is 1. The Morgan fingerprint density at radius 2 is 2.30 bits per heavy atom. The SMILES string of the molecule is COc1ccc(/C(N)=N/O)c(N2CCCCC2CO)c1. The maximum absolute atomic E-state index is 9.55. The number of aliphatic hydroxyl groups excluding tert-OH is 1. The summed E-state index contributed by atoms with van der Waals surface area (Å²) in [7, 11) is 1.60. The first-order valence-corrected chi connectivity index (χ1v) is 6.74. The molecule has 1 heterocycles. The fourth-order valence-corrected chi connectivity index (χ4v) is 2.65.